The lowest BCUT2D eigenvalue weighted by molar-refractivity contribution is -0.124. The van der Waals surface area contributed by atoms with Crippen molar-refractivity contribution < 1.29 is 13.9 Å². The third-order valence-electron chi connectivity index (χ3n) is 2.72. The Morgan fingerprint density at radius 2 is 2.05 bits per heavy atom. The van der Waals surface area contributed by atoms with E-state index in [2.05, 4.69) is 5.32 Å². The summed E-state index contributed by atoms with van der Waals surface area (Å²) in [7, 11) is 0. The van der Waals surface area contributed by atoms with E-state index in [1.54, 1.807) is 13.0 Å². The van der Waals surface area contributed by atoms with Crippen LogP contribution in [0, 0.1) is 5.82 Å². The van der Waals surface area contributed by atoms with Crippen molar-refractivity contribution in [2.45, 2.75) is 52.3 Å². The fourth-order valence-electron chi connectivity index (χ4n) is 1.66. The predicted molar refractivity (Wildman–Crippen MR) is 76.9 cm³/mol. The molecule has 0 bridgehead atoms. The molecule has 3 N–H and O–H groups in total. The summed E-state index contributed by atoms with van der Waals surface area (Å²) in [6, 6.07) is 4.41. The minimum atomic E-state index is -0.736. The number of benzene rings is 1. The molecule has 0 aliphatic carbocycles. The number of nitrogens with one attached hydrogen (secondary N) is 1. The quantitative estimate of drug-likeness (QED) is 0.842. The highest BCUT2D eigenvalue weighted by molar-refractivity contribution is 5.79. The Bertz CT molecular complexity index is 469. The first-order valence-electron chi connectivity index (χ1n) is 6.71. The second kappa shape index (κ2) is 6.70. The van der Waals surface area contributed by atoms with Crippen molar-refractivity contribution in [3.05, 3.63) is 29.6 Å². The zero-order chi connectivity index (χ0) is 15.3. The van der Waals surface area contributed by atoms with Gasteiger partial charge in [0.05, 0.1) is 0 Å². The van der Waals surface area contributed by atoms with Crippen molar-refractivity contribution >= 4 is 5.91 Å². The number of ether oxygens (including phenoxy) is 1. The number of halogens is 1. The second-order valence-electron chi connectivity index (χ2n) is 5.82. The van der Waals surface area contributed by atoms with E-state index in [0.29, 0.717) is 18.7 Å². The van der Waals surface area contributed by atoms with E-state index >= 15 is 0 Å². The number of carbonyl (C=O) groups excluding carboxylic acids is 1. The molecule has 112 valence electrons. The number of hydrogen-bond acceptors (Lipinski definition) is 3. The maximum absolute atomic E-state index is 13.6. The van der Waals surface area contributed by atoms with E-state index in [1.807, 2.05) is 20.8 Å². The molecule has 0 aromatic heterocycles. The van der Waals surface area contributed by atoms with Crippen LogP contribution < -0.4 is 15.8 Å². The average molecular weight is 282 g/mol. The van der Waals surface area contributed by atoms with Crippen LogP contribution >= 0.6 is 0 Å². The van der Waals surface area contributed by atoms with E-state index in [9.17, 15) is 9.18 Å². The van der Waals surface area contributed by atoms with Crippen LogP contribution in [-0.2, 0) is 11.3 Å². The number of hydrogen-bond donors (Lipinski definition) is 2. The van der Waals surface area contributed by atoms with Crippen LogP contribution in [0.3, 0.4) is 0 Å². The van der Waals surface area contributed by atoms with Gasteiger partial charge >= 0.3 is 0 Å². The third-order valence-corrected chi connectivity index (χ3v) is 2.72. The second-order valence-corrected chi connectivity index (χ2v) is 5.82. The lowest BCUT2D eigenvalue weighted by Crippen LogP contribution is -2.35. The minimum absolute atomic E-state index is 0.0630. The van der Waals surface area contributed by atoms with Crippen LogP contribution in [0.5, 0.6) is 5.75 Å². The molecule has 0 saturated heterocycles. The summed E-state index contributed by atoms with van der Waals surface area (Å²) < 4.78 is 19.0. The van der Waals surface area contributed by atoms with Gasteiger partial charge in [-0.05, 0) is 44.9 Å². The Balaban J connectivity index is 2.83. The third kappa shape index (κ3) is 5.57. The normalized spacial score (nSPS) is 13.1. The highest BCUT2D eigenvalue weighted by Gasteiger charge is 2.16. The predicted octanol–water partition coefficient (Wildman–Crippen LogP) is 2.36. The summed E-state index contributed by atoms with van der Waals surface area (Å²) in [5, 5.41) is 3.27. The van der Waals surface area contributed by atoms with Crippen LogP contribution in [0.2, 0.25) is 0 Å². The molecule has 0 radical (unpaired) electrons. The fraction of sp³-hybridized carbons (Fsp3) is 0.533. The first-order valence-corrected chi connectivity index (χ1v) is 6.71. The molecule has 1 rings (SSSR count). The summed E-state index contributed by atoms with van der Waals surface area (Å²) in [6.45, 7) is 8.40. The molecule has 4 nitrogen and oxygen atoms in total. The minimum Gasteiger partial charge on any atom is -0.481 e. The van der Waals surface area contributed by atoms with E-state index in [1.165, 1.54) is 12.1 Å². The van der Waals surface area contributed by atoms with Gasteiger partial charge in [0.25, 0.3) is 5.91 Å². The highest BCUT2D eigenvalue weighted by atomic mass is 19.1. The van der Waals surface area contributed by atoms with Crippen LogP contribution in [0.4, 0.5) is 4.39 Å². The van der Waals surface area contributed by atoms with Gasteiger partial charge in [-0.15, -0.1) is 0 Å². The van der Waals surface area contributed by atoms with Gasteiger partial charge in [0.1, 0.15) is 11.6 Å². The lowest BCUT2D eigenvalue weighted by Gasteiger charge is -2.21. The monoisotopic (exact) mass is 282 g/mol. The summed E-state index contributed by atoms with van der Waals surface area (Å²) in [5.41, 5.74) is 5.91. The number of rotatable bonds is 6. The van der Waals surface area contributed by atoms with Crippen LogP contribution in [0.15, 0.2) is 18.2 Å². The van der Waals surface area contributed by atoms with Crippen molar-refractivity contribution in [3.8, 4) is 5.75 Å². The Morgan fingerprint density at radius 3 is 2.55 bits per heavy atom. The number of primary amides is 1. The topological polar surface area (TPSA) is 64.3 Å². The molecule has 0 saturated carbocycles. The molecule has 0 aliphatic heterocycles. The Morgan fingerprint density at radius 1 is 1.40 bits per heavy atom. The number of nitrogens with two attached hydrogens (primary N) is 1. The molecule has 1 atom stereocenters. The first-order chi connectivity index (χ1) is 9.21. The maximum Gasteiger partial charge on any atom is 0.258 e. The van der Waals surface area contributed by atoms with E-state index in [4.69, 9.17) is 10.5 Å². The number of carbonyl (C=O) groups is 1. The molecular formula is C15H23FN2O2. The standard InChI is InChI=1S/C15H23FN2O2/c1-5-13(14(17)19)20-12-7-10(6-11(16)8-12)9-18-15(2,3)4/h6-8,13,18H,5,9H2,1-4H3,(H2,17,19). The zero-order valence-electron chi connectivity index (χ0n) is 12.5. The Hall–Kier alpha value is -1.62. The van der Waals surface area contributed by atoms with Crippen LogP contribution in [-0.4, -0.2) is 17.6 Å². The van der Waals surface area contributed by atoms with Gasteiger partial charge in [0.15, 0.2) is 6.10 Å². The van der Waals surface area contributed by atoms with Gasteiger partial charge < -0.3 is 15.8 Å². The summed E-state index contributed by atoms with van der Waals surface area (Å²) >= 11 is 0. The molecule has 1 aromatic rings. The van der Waals surface area contributed by atoms with Gasteiger partial charge in [-0.1, -0.05) is 6.92 Å². The Labute approximate surface area is 119 Å². The van der Waals surface area contributed by atoms with E-state index in [-0.39, 0.29) is 5.54 Å². The fourth-order valence-corrected chi connectivity index (χ4v) is 1.66. The SMILES string of the molecule is CCC(Oc1cc(F)cc(CNC(C)(C)C)c1)C(N)=O. The summed E-state index contributed by atoms with van der Waals surface area (Å²) in [5.74, 6) is -0.625. The first kappa shape index (κ1) is 16.4. The van der Waals surface area contributed by atoms with Gasteiger partial charge in [0.2, 0.25) is 0 Å². The molecule has 20 heavy (non-hydrogen) atoms. The maximum atomic E-state index is 13.6. The van der Waals surface area contributed by atoms with Crippen molar-refractivity contribution in [3.63, 3.8) is 0 Å². The van der Waals surface area contributed by atoms with Crippen molar-refractivity contribution in [1.29, 1.82) is 0 Å². The van der Waals surface area contributed by atoms with E-state index in [0.717, 1.165) is 5.56 Å². The van der Waals surface area contributed by atoms with Crippen molar-refractivity contribution in [2.24, 2.45) is 5.73 Å². The largest absolute Gasteiger partial charge is 0.481 e. The molecule has 0 spiro atoms. The van der Waals surface area contributed by atoms with Gasteiger partial charge in [-0.25, -0.2) is 4.39 Å². The average Bonchev–Trinajstić information content (AvgIpc) is 2.31. The smallest absolute Gasteiger partial charge is 0.258 e. The van der Waals surface area contributed by atoms with Gasteiger partial charge in [0, 0.05) is 18.2 Å². The molecule has 1 amide bonds. The van der Waals surface area contributed by atoms with Crippen molar-refractivity contribution in [2.75, 3.05) is 0 Å². The van der Waals surface area contributed by atoms with E-state index < -0.39 is 17.8 Å². The number of amides is 1. The zero-order valence-corrected chi connectivity index (χ0v) is 12.5. The molecular weight excluding hydrogens is 259 g/mol. The highest BCUT2D eigenvalue weighted by Crippen LogP contribution is 2.19. The molecule has 0 heterocycles. The molecule has 1 unspecified atom stereocenters. The lowest BCUT2D eigenvalue weighted by atomic mass is 10.1. The summed E-state index contributed by atoms with van der Waals surface area (Å²) in [4.78, 5) is 11.2. The Kier molecular flexibility index (Phi) is 5.51. The molecule has 5 heteroatoms. The van der Waals surface area contributed by atoms with Crippen LogP contribution in [0.25, 0.3) is 0 Å². The summed E-state index contributed by atoms with van der Waals surface area (Å²) in [6.07, 6.45) is -0.290. The van der Waals surface area contributed by atoms with Crippen molar-refractivity contribution in [1.82, 2.24) is 5.32 Å². The molecule has 0 fully saturated rings. The van der Waals surface area contributed by atoms with Gasteiger partial charge in [-0.2, -0.15) is 0 Å². The van der Waals surface area contributed by atoms with Gasteiger partial charge in [-0.3, -0.25) is 4.79 Å². The molecule has 1 aromatic carbocycles. The van der Waals surface area contributed by atoms with Crippen LogP contribution in [0.1, 0.15) is 39.7 Å². The molecule has 0 aliphatic rings.